The molecule has 2 nitrogen and oxygen atoms in total. The topological polar surface area (TPSA) is 24.9 Å². The first kappa shape index (κ1) is 14.7. The minimum Gasteiger partial charge on any atom is -0.310 e. The van der Waals surface area contributed by atoms with E-state index >= 15 is 0 Å². The highest BCUT2D eigenvalue weighted by molar-refractivity contribution is 5.23. The van der Waals surface area contributed by atoms with E-state index in [0.29, 0.717) is 6.04 Å². The van der Waals surface area contributed by atoms with Crippen LogP contribution in [0.5, 0.6) is 0 Å². The van der Waals surface area contributed by atoms with Crippen LogP contribution in [0.15, 0.2) is 54.9 Å². The van der Waals surface area contributed by atoms with Crippen LogP contribution < -0.4 is 5.32 Å². The van der Waals surface area contributed by atoms with E-state index in [1.54, 1.807) is 0 Å². The van der Waals surface area contributed by atoms with Crippen LogP contribution in [-0.2, 0) is 12.0 Å². The predicted molar refractivity (Wildman–Crippen MR) is 84.6 cm³/mol. The number of nitrogens with zero attached hydrogens (tertiary/aromatic N) is 1. The van der Waals surface area contributed by atoms with Crippen molar-refractivity contribution in [1.82, 2.24) is 10.3 Å². The third kappa shape index (κ3) is 4.17. The Morgan fingerprint density at radius 1 is 1.05 bits per heavy atom. The summed E-state index contributed by atoms with van der Waals surface area (Å²) in [5.41, 5.74) is 2.87. The van der Waals surface area contributed by atoms with Gasteiger partial charge in [0.1, 0.15) is 0 Å². The lowest BCUT2D eigenvalue weighted by Gasteiger charge is -2.29. The van der Waals surface area contributed by atoms with Gasteiger partial charge < -0.3 is 5.32 Å². The van der Waals surface area contributed by atoms with Gasteiger partial charge in [0.05, 0.1) is 0 Å². The summed E-state index contributed by atoms with van der Waals surface area (Å²) in [6.45, 7) is 7.78. The highest BCUT2D eigenvalue weighted by Gasteiger charge is 2.22. The number of benzene rings is 1. The lowest BCUT2D eigenvalue weighted by molar-refractivity contribution is 0.388. The van der Waals surface area contributed by atoms with Gasteiger partial charge in [0.25, 0.3) is 0 Å². The van der Waals surface area contributed by atoms with Gasteiger partial charge in [-0.25, -0.2) is 0 Å². The summed E-state index contributed by atoms with van der Waals surface area (Å²) in [5, 5.41) is 3.60. The second-order valence-electron chi connectivity index (χ2n) is 6.09. The van der Waals surface area contributed by atoms with Crippen LogP contribution in [-0.4, -0.2) is 11.0 Å². The Labute approximate surface area is 122 Å². The molecule has 1 heterocycles. The Bertz CT molecular complexity index is 505. The predicted octanol–water partition coefficient (Wildman–Crippen LogP) is 3.93. The fraction of sp³-hybridized carbons (Fsp3) is 0.389. The Balaban J connectivity index is 1.89. The van der Waals surface area contributed by atoms with Gasteiger partial charge in [-0.1, -0.05) is 44.2 Å². The molecule has 106 valence electrons. The van der Waals surface area contributed by atoms with E-state index in [4.69, 9.17) is 0 Å². The SMILES string of the molecule is CC(CC(C)(C)c1ccccc1)NCc1ccncc1. The monoisotopic (exact) mass is 268 g/mol. The van der Waals surface area contributed by atoms with Crippen LogP contribution in [0.2, 0.25) is 0 Å². The Morgan fingerprint density at radius 2 is 1.70 bits per heavy atom. The molecular formula is C18H24N2. The molecule has 20 heavy (non-hydrogen) atoms. The molecule has 0 aliphatic heterocycles. The van der Waals surface area contributed by atoms with E-state index in [2.05, 4.69) is 73.5 Å². The van der Waals surface area contributed by atoms with Crippen molar-refractivity contribution in [2.45, 2.75) is 45.2 Å². The molecule has 2 rings (SSSR count). The maximum absolute atomic E-state index is 4.04. The summed E-state index contributed by atoms with van der Waals surface area (Å²) in [5.74, 6) is 0. The fourth-order valence-electron chi connectivity index (χ4n) is 2.64. The van der Waals surface area contributed by atoms with E-state index in [-0.39, 0.29) is 5.41 Å². The Kier molecular flexibility index (Phi) is 4.91. The van der Waals surface area contributed by atoms with E-state index in [1.807, 2.05) is 12.4 Å². The van der Waals surface area contributed by atoms with Crippen LogP contribution in [0.1, 0.15) is 38.3 Å². The number of hydrogen-bond donors (Lipinski definition) is 1. The average Bonchev–Trinajstić information content (AvgIpc) is 2.47. The molecule has 1 aromatic carbocycles. The molecular weight excluding hydrogens is 244 g/mol. The second kappa shape index (κ2) is 6.67. The smallest absolute Gasteiger partial charge is 0.0271 e. The third-order valence-electron chi connectivity index (χ3n) is 3.78. The van der Waals surface area contributed by atoms with Gasteiger partial charge in [-0.15, -0.1) is 0 Å². The maximum atomic E-state index is 4.04. The summed E-state index contributed by atoms with van der Waals surface area (Å²) < 4.78 is 0. The zero-order valence-electron chi connectivity index (χ0n) is 12.6. The standard InChI is InChI=1S/C18H24N2/c1-15(20-14-16-9-11-19-12-10-16)13-18(2,3)17-7-5-4-6-8-17/h4-12,15,20H,13-14H2,1-3H3. The van der Waals surface area contributed by atoms with Crippen LogP contribution in [0.3, 0.4) is 0 Å². The summed E-state index contributed by atoms with van der Waals surface area (Å²) in [4.78, 5) is 4.04. The number of rotatable bonds is 6. The van der Waals surface area contributed by atoms with Crippen molar-refractivity contribution in [2.24, 2.45) is 0 Å². The molecule has 1 unspecified atom stereocenters. The molecule has 0 aliphatic carbocycles. The Morgan fingerprint density at radius 3 is 2.35 bits per heavy atom. The first-order valence-electron chi connectivity index (χ1n) is 7.26. The number of pyridine rings is 1. The van der Waals surface area contributed by atoms with Crippen molar-refractivity contribution in [3.8, 4) is 0 Å². The fourth-order valence-corrected chi connectivity index (χ4v) is 2.64. The first-order chi connectivity index (χ1) is 9.58. The lowest BCUT2D eigenvalue weighted by Crippen LogP contribution is -2.32. The molecule has 0 amide bonds. The molecule has 2 heteroatoms. The third-order valence-corrected chi connectivity index (χ3v) is 3.78. The zero-order valence-corrected chi connectivity index (χ0v) is 12.6. The van der Waals surface area contributed by atoms with Crippen LogP contribution in [0, 0.1) is 0 Å². The number of nitrogens with one attached hydrogen (secondary N) is 1. The van der Waals surface area contributed by atoms with E-state index in [9.17, 15) is 0 Å². The average molecular weight is 268 g/mol. The van der Waals surface area contributed by atoms with Crippen LogP contribution in [0.4, 0.5) is 0 Å². The molecule has 0 aliphatic rings. The van der Waals surface area contributed by atoms with Crippen molar-refractivity contribution in [3.05, 3.63) is 66.0 Å². The van der Waals surface area contributed by atoms with Gasteiger partial charge in [-0.2, -0.15) is 0 Å². The van der Waals surface area contributed by atoms with Gasteiger partial charge in [0.2, 0.25) is 0 Å². The molecule has 1 atom stereocenters. The van der Waals surface area contributed by atoms with Crippen molar-refractivity contribution >= 4 is 0 Å². The lowest BCUT2D eigenvalue weighted by atomic mass is 9.79. The minimum atomic E-state index is 0.186. The minimum absolute atomic E-state index is 0.186. The van der Waals surface area contributed by atoms with Crippen LogP contribution in [0.25, 0.3) is 0 Å². The highest BCUT2D eigenvalue weighted by Crippen LogP contribution is 2.28. The maximum Gasteiger partial charge on any atom is 0.0271 e. The first-order valence-corrected chi connectivity index (χ1v) is 7.26. The molecule has 0 saturated heterocycles. The number of hydrogen-bond acceptors (Lipinski definition) is 2. The van der Waals surface area contributed by atoms with Crippen molar-refractivity contribution in [3.63, 3.8) is 0 Å². The highest BCUT2D eigenvalue weighted by atomic mass is 14.9. The molecule has 2 aromatic rings. The van der Waals surface area contributed by atoms with Gasteiger partial charge >= 0.3 is 0 Å². The molecule has 1 N–H and O–H groups in total. The van der Waals surface area contributed by atoms with Crippen LogP contribution >= 0.6 is 0 Å². The van der Waals surface area contributed by atoms with E-state index < -0.39 is 0 Å². The molecule has 0 saturated carbocycles. The summed E-state index contributed by atoms with van der Waals surface area (Å²) >= 11 is 0. The van der Waals surface area contributed by atoms with Crippen molar-refractivity contribution in [1.29, 1.82) is 0 Å². The summed E-state index contributed by atoms with van der Waals surface area (Å²) in [6.07, 6.45) is 4.80. The second-order valence-corrected chi connectivity index (χ2v) is 6.09. The molecule has 0 radical (unpaired) electrons. The van der Waals surface area contributed by atoms with Gasteiger partial charge in [-0.3, -0.25) is 4.98 Å². The molecule has 0 fully saturated rings. The van der Waals surface area contributed by atoms with E-state index in [1.165, 1.54) is 11.1 Å². The normalized spacial score (nSPS) is 13.2. The Hall–Kier alpha value is -1.67. The van der Waals surface area contributed by atoms with Gasteiger partial charge in [0.15, 0.2) is 0 Å². The van der Waals surface area contributed by atoms with Crippen molar-refractivity contribution in [2.75, 3.05) is 0 Å². The summed E-state index contributed by atoms with van der Waals surface area (Å²) in [7, 11) is 0. The number of aromatic nitrogens is 1. The zero-order chi connectivity index (χ0) is 14.4. The van der Waals surface area contributed by atoms with E-state index in [0.717, 1.165) is 13.0 Å². The summed E-state index contributed by atoms with van der Waals surface area (Å²) in [6, 6.07) is 15.3. The molecule has 1 aromatic heterocycles. The quantitative estimate of drug-likeness (QED) is 0.858. The van der Waals surface area contributed by atoms with Gasteiger partial charge in [-0.05, 0) is 42.0 Å². The largest absolute Gasteiger partial charge is 0.310 e. The molecule has 0 spiro atoms. The van der Waals surface area contributed by atoms with Gasteiger partial charge in [0, 0.05) is 25.0 Å². The molecule has 0 bridgehead atoms. The van der Waals surface area contributed by atoms with Crippen molar-refractivity contribution < 1.29 is 0 Å².